The summed E-state index contributed by atoms with van der Waals surface area (Å²) < 4.78 is 11.0. The lowest BCUT2D eigenvalue weighted by Gasteiger charge is -2.38. The Labute approximate surface area is 205 Å². The van der Waals surface area contributed by atoms with Crippen molar-refractivity contribution in [1.29, 1.82) is 0 Å². The van der Waals surface area contributed by atoms with Gasteiger partial charge >= 0.3 is 11.9 Å². The average molecular weight is 486 g/mol. The number of carbonyl (C=O) groups is 3. The Morgan fingerprint density at radius 1 is 1.06 bits per heavy atom. The van der Waals surface area contributed by atoms with Gasteiger partial charge in [0.1, 0.15) is 12.0 Å². The van der Waals surface area contributed by atoms with Crippen LogP contribution in [-0.2, 0) is 23.9 Å². The van der Waals surface area contributed by atoms with Crippen molar-refractivity contribution >= 4 is 29.3 Å². The van der Waals surface area contributed by atoms with E-state index >= 15 is 0 Å². The van der Waals surface area contributed by atoms with Gasteiger partial charge < -0.3 is 14.8 Å². The third-order valence-corrected chi connectivity index (χ3v) is 7.49. The topological polar surface area (TPSA) is 81.7 Å². The number of carbonyl (C=O) groups excluding carboxylic acids is 3. The summed E-state index contributed by atoms with van der Waals surface area (Å²) in [6.45, 7) is 3.72. The van der Waals surface area contributed by atoms with Gasteiger partial charge in [0.15, 0.2) is 5.78 Å². The van der Waals surface area contributed by atoms with Gasteiger partial charge in [-0.15, -0.1) is 0 Å². The summed E-state index contributed by atoms with van der Waals surface area (Å²) in [5, 5.41) is 3.87. The van der Waals surface area contributed by atoms with Crippen LogP contribution >= 0.6 is 11.6 Å². The van der Waals surface area contributed by atoms with E-state index in [1.165, 1.54) is 7.11 Å². The number of allylic oxidation sites excluding steroid dienone is 3. The van der Waals surface area contributed by atoms with Crippen LogP contribution in [0.15, 0.2) is 46.8 Å². The molecule has 1 fully saturated rings. The third kappa shape index (κ3) is 4.78. The molecule has 0 saturated heterocycles. The fraction of sp³-hybridized carbons (Fsp3) is 0.519. The normalized spacial score (nSPS) is 25.9. The van der Waals surface area contributed by atoms with Gasteiger partial charge in [0.05, 0.1) is 12.7 Å². The largest absolute Gasteiger partial charge is 0.468 e. The van der Waals surface area contributed by atoms with Crippen molar-refractivity contribution in [1.82, 2.24) is 5.32 Å². The van der Waals surface area contributed by atoms with Crippen LogP contribution in [0.5, 0.6) is 0 Å². The molecule has 1 aliphatic heterocycles. The van der Waals surface area contributed by atoms with E-state index < -0.39 is 23.8 Å². The number of hydrogen-bond acceptors (Lipinski definition) is 6. The van der Waals surface area contributed by atoms with Gasteiger partial charge in [0.2, 0.25) is 0 Å². The van der Waals surface area contributed by atoms with Gasteiger partial charge in [-0.25, -0.2) is 4.79 Å². The number of ether oxygens (including phenoxy) is 2. The van der Waals surface area contributed by atoms with Crippen molar-refractivity contribution in [2.24, 2.45) is 11.8 Å². The lowest BCUT2D eigenvalue weighted by molar-refractivity contribution is -0.151. The molecule has 2 aliphatic carbocycles. The monoisotopic (exact) mass is 485 g/mol. The van der Waals surface area contributed by atoms with Crippen molar-refractivity contribution in [3.05, 3.63) is 57.4 Å². The summed E-state index contributed by atoms with van der Waals surface area (Å²) >= 11 is 6.14. The van der Waals surface area contributed by atoms with E-state index in [9.17, 15) is 14.4 Å². The Balaban J connectivity index is 1.76. The summed E-state index contributed by atoms with van der Waals surface area (Å²) in [5.41, 5.74) is 3.04. The molecule has 0 bridgehead atoms. The second-order valence-corrected chi connectivity index (χ2v) is 10.0. The maximum absolute atomic E-state index is 13.7. The highest BCUT2D eigenvalue weighted by molar-refractivity contribution is 6.30. The van der Waals surface area contributed by atoms with Crippen molar-refractivity contribution in [2.45, 2.75) is 70.8 Å². The van der Waals surface area contributed by atoms with E-state index in [1.54, 1.807) is 12.1 Å². The average Bonchev–Trinajstić information content (AvgIpc) is 3.07. The van der Waals surface area contributed by atoms with Gasteiger partial charge in [-0.3, -0.25) is 9.59 Å². The molecule has 3 aliphatic rings. The zero-order valence-electron chi connectivity index (χ0n) is 20.0. The quantitative estimate of drug-likeness (QED) is 0.358. The molecule has 1 aromatic carbocycles. The van der Waals surface area contributed by atoms with Crippen LogP contribution in [0.25, 0.3) is 0 Å². The fourth-order valence-electron chi connectivity index (χ4n) is 5.51. The highest BCUT2D eigenvalue weighted by atomic mass is 35.5. The molecule has 7 heteroatoms. The minimum atomic E-state index is -0.905. The number of rotatable bonds is 4. The summed E-state index contributed by atoms with van der Waals surface area (Å²) in [6.07, 6.45) is 6.49. The van der Waals surface area contributed by atoms with Crippen molar-refractivity contribution in [2.75, 3.05) is 7.11 Å². The first kappa shape index (κ1) is 24.5. The molecule has 1 aromatic rings. The smallest absolute Gasteiger partial charge is 0.337 e. The molecule has 0 spiro atoms. The lowest BCUT2D eigenvalue weighted by atomic mass is 9.69. The first-order chi connectivity index (χ1) is 16.3. The van der Waals surface area contributed by atoms with Crippen LogP contribution < -0.4 is 5.32 Å². The highest BCUT2D eigenvalue weighted by Gasteiger charge is 2.47. The Morgan fingerprint density at radius 2 is 1.71 bits per heavy atom. The molecule has 6 nitrogen and oxygen atoms in total. The number of halogens is 1. The van der Waals surface area contributed by atoms with E-state index in [0.29, 0.717) is 28.3 Å². The Kier molecular flexibility index (Phi) is 7.46. The SMILES string of the molecule is COC(=O)[C@@H]1C(=O)C2=C(C[C@@H]1C)NC(C)=C(C(=O)OC1CCCCCC1)[C@@H]2c1ccc(Cl)cc1. The molecule has 182 valence electrons. The molecule has 0 unspecified atom stereocenters. The predicted molar refractivity (Wildman–Crippen MR) is 129 cm³/mol. The Bertz CT molecular complexity index is 1030. The van der Waals surface area contributed by atoms with Crippen LogP contribution in [0.4, 0.5) is 0 Å². The number of ketones is 1. The molecular weight excluding hydrogens is 454 g/mol. The van der Waals surface area contributed by atoms with E-state index in [1.807, 2.05) is 26.0 Å². The second-order valence-electron chi connectivity index (χ2n) is 9.61. The molecule has 0 amide bonds. The number of hydrogen-bond donors (Lipinski definition) is 1. The molecular formula is C27H32ClNO5. The molecule has 34 heavy (non-hydrogen) atoms. The summed E-state index contributed by atoms with van der Waals surface area (Å²) in [6, 6.07) is 7.15. The molecule has 1 N–H and O–H groups in total. The molecule has 0 radical (unpaired) electrons. The zero-order valence-corrected chi connectivity index (χ0v) is 20.7. The highest BCUT2D eigenvalue weighted by Crippen LogP contribution is 2.45. The van der Waals surface area contributed by atoms with Crippen LogP contribution in [0, 0.1) is 11.8 Å². The second kappa shape index (κ2) is 10.3. The van der Waals surface area contributed by atoms with Gasteiger partial charge in [-0.1, -0.05) is 43.5 Å². The van der Waals surface area contributed by atoms with Crippen LogP contribution in [0.1, 0.15) is 70.3 Å². The molecule has 1 heterocycles. The van der Waals surface area contributed by atoms with Crippen molar-refractivity contribution in [3.8, 4) is 0 Å². The standard InChI is InChI=1S/C27H32ClNO5/c1-15-14-20-24(25(30)21(15)26(31)33-3)23(17-10-12-18(28)13-11-17)22(16(2)29-20)27(32)34-19-8-6-4-5-7-9-19/h10-13,15,19,21,23,29H,4-9,14H2,1-3H3/t15-,21-,23-/m0/s1. The summed E-state index contributed by atoms with van der Waals surface area (Å²) in [4.78, 5) is 39.8. The molecule has 0 aromatic heterocycles. The maximum Gasteiger partial charge on any atom is 0.337 e. The van der Waals surface area contributed by atoms with Crippen molar-refractivity contribution < 1.29 is 23.9 Å². The van der Waals surface area contributed by atoms with Crippen LogP contribution in [0.3, 0.4) is 0 Å². The molecule has 1 saturated carbocycles. The van der Waals surface area contributed by atoms with Crippen molar-refractivity contribution in [3.63, 3.8) is 0 Å². The minimum absolute atomic E-state index is 0.124. The maximum atomic E-state index is 13.7. The van der Waals surface area contributed by atoms with E-state index in [2.05, 4.69) is 5.32 Å². The van der Waals surface area contributed by atoms with Crippen LogP contribution in [0.2, 0.25) is 5.02 Å². The van der Waals surface area contributed by atoms with Crippen LogP contribution in [-0.4, -0.2) is 30.9 Å². The summed E-state index contributed by atoms with van der Waals surface area (Å²) in [7, 11) is 1.29. The zero-order chi connectivity index (χ0) is 24.4. The number of methoxy groups -OCH3 is 1. The van der Waals surface area contributed by atoms with E-state index in [-0.39, 0.29) is 17.8 Å². The number of Topliss-reactive ketones (excluding diaryl/α,β-unsaturated/α-hetero) is 1. The lowest BCUT2D eigenvalue weighted by Crippen LogP contribution is -2.43. The third-order valence-electron chi connectivity index (χ3n) is 7.24. The number of nitrogens with one attached hydrogen (secondary N) is 1. The van der Waals surface area contributed by atoms with Gasteiger partial charge in [0.25, 0.3) is 0 Å². The number of benzene rings is 1. The summed E-state index contributed by atoms with van der Waals surface area (Å²) in [5.74, 6) is -3.03. The Hall–Kier alpha value is -2.60. The predicted octanol–water partition coefficient (Wildman–Crippen LogP) is 5.22. The number of dihydropyridines is 1. The first-order valence-corrected chi connectivity index (χ1v) is 12.5. The minimum Gasteiger partial charge on any atom is -0.468 e. The van der Waals surface area contributed by atoms with Gasteiger partial charge in [-0.05, 0) is 62.6 Å². The van der Waals surface area contributed by atoms with Gasteiger partial charge in [-0.2, -0.15) is 0 Å². The molecule has 3 atom stereocenters. The number of esters is 2. The first-order valence-electron chi connectivity index (χ1n) is 12.1. The molecule has 4 rings (SSSR count). The fourth-order valence-corrected chi connectivity index (χ4v) is 5.64. The van der Waals surface area contributed by atoms with E-state index in [0.717, 1.165) is 49.8 Å². The Morgan fingerprint density at radius 3 is 2.32 bits per heavy atom. The van der Waals surface area contributed by atoms with Gasteiger partial charge in [0, 0.05) is 27.9 Å². The van der Waals surface area contributed by atoms with E-state index in [4.69, 9.17) is 21.1 Å².